The average Bonchev–Trinajstić information content (AvgIpc) is 2.05. The highest BCUT2D eigenvalue weighted by atomic mass is 16.3. The highest BCUT2D eigenvalue weighted by Gasteiger charge is 2.10. The number of aliphatic hydroxyl groups is 2. The summed E-state index contributed by atoms with van der Waals surface area (Å²) in [6.07, 6.45) is 5.99. The molecule has 0 aromatic rings. The van der Waals surface area contributed by atoms with Crippen molar-refractivity contribution in [3.63, 3.8) is 0 Å². The fourth-order valence-electron chi connectivity index (χ4n) is 1.24. The molecular weight excluding hydrogens is 164 g/mol. The van der Waals surface area contributed by atoms with E-state index in [1.54, 1.807) is 0 Å². The molecule has 0 saturated carbocycles. The van der Waals surface area contributed by atoms with Gasteiger partial charge in [-0.25, -0.2) is 0 Å². The fourth-order valence-corrected chi connectivity index (χ4v) is 1.24. The standard InChI is InChI=1S/C11H20O2/c1-4-5-9(2)8-10(3)11(13)6-7-12/h4-5,8,10-13H,6-7H2,1-3H3/b5-4-,9-8+/t10-,11-/m0/s1. The first-order valence-corrected chi connectivity index (χ1v) is 4.71. The highest BCUT2D eigenvalue weighted by Crippen LogP contribution is 2.11. The number of aliphatic hydroxyl groups excluding tert-OH is 2. The van der Waals surface area contributed by atoms with E-state index in [-0.39, 0.29) is 12.5 Å². The van der Waals surface area contributed by atoms with Gasteiger partial charge in [-0.3, -0.25) is 0 Å². The molecule has 0 fully saturated rings. The van der Waals surface area contributed by atoms with Crippen LogP contribution in [-0.4, -0.2) is 22.9 Å². The highest BCUT2D eigenvalue weighted by molar-refractivity contribution is 5.16. The third-order valence-corrected chi connectivity index (χ3v) is 1.99. The van der Waals surface area contributed by atoms with Gasteiger partial charge in [0.2, 0.25) is 0 Å². The zero-order valence-electron chi connectivity index (χ0n) is 8.70. The molecule has 13 heavy (non-hydrogen) atoms. The molecule has 2 N–H and O–H groups in total. The number of hydrogen-bond acceptors (Lipinski definition) is 2. The molecule has 76 valence electrons. The van der Waals surface area contributed by atoms with Crippen molar-refractivity contribution in [3.05, 3.63) is 23.8 Å². The van der Waals surface area contributed by atoms with Crippen molar-refractivity contribution in [1.82, 2.24) is 0 Å². The molecule has 0 spiro atoms. The van der Waals surface area contributed by atoms with Crippen LogP contribution >= 0.6 is 0 Å². The fraction of sp³-hybridized carbons (Fsp3) is 0.636. The molecule has 0 unspecified atom stereocenters. The maximum Gasteiger partial charge on any atom is 0.0622 e. The minimum absolute atomic E-state index is 0.0437. The Labute approximate surface area is 80.6 Å². The molecule has 0 heterocycles. The molecule has 2 heteroatoms. The van der Waals surface area contributed by atoms with Gasteiger partial charge in [0.1, 0.15) is 0 Å². The Kier molecular flexibility index (Phi) is 6.55. The largest absolute Gasteiger partial charge is 0.396 e. The second-order valence-electron chi connectivity index (χ2n) is 3.35. The van der Waals surface area contributed by atoms with E-state index < -0.39 is 6.10 Å². The maximum absolute atomic E-state index is 9.51. The Balaban J connectivity index is 4.10. The Bertz CT molecular complexity index is 183. The maximum atomic E-state index is 9.51. The van der Waals surface area contributed by atoms with Gasteiger partial charge in [0.05, 0.1) is 6.10 Å². The van der Waals surface area contributed by atoms with E-state index in [4.69, 9.17) is 5.11 Å². The van der Waals surface area contributed by atoms with Crippen LogP contribution in [0.2, 0.25) is 0 Å². The van der Waals surface area contributed by atoms with Gasteiger partial charge in [-0.1, -0.05) is 30.7 Å². The SMILES string of the molecule is C/C=C\C(C)=C\[C@H](C)[C@@H](O)CCO. The lowest BCUT2D eigenvalue weighted by Crippen LogP contribution is -2.17. The van der Waals surface area contributed by atoms with E-state index in [1.807, 2.05) is 39.0 Å². The summed E-state index contributed by atoms with van der Waals surface area (Å²) >= 11 is 0. The van der Waals surface area contributed by atoms with Crippen LogP contribution < -0.4 is 0 Å². The summed E-state index contributed by atoms with van der Waals surface area (Å²) in [5, 5.41) is 18.1. The minimum atomic E-state index is -0.440. The molecule has 0 rings (SSSR count). The van der Waals surface area contributed by atoms with Crippen LogP contribution in [-0.2, 0) is 0 Å². The molecule has 0 aliphatic carbocycles. The van der Waals surface area contributed by atoms with Gasteiger partial charge in [-0.2, -0.15) is 0 Å². The molecular formula is C11H20O2. The van der Waals surface area contributed by atoms with Gasteiger partial charge in [-0.15, -0.1) is 0 Å². The summed E-state index contributed by atoms with van der Waals surface area (Å²) in [5.74, 6) is 0.100. The predicted molar refractivity (Wildman–Crippen MR) is 55.4 cm³/mol. The van der Waals surface area contributed by atoms with Crippen molar-refractivity contribution < 1.29 is 10.2 Å². The zero-order valence-corrected chi connectivity index (χ0v) is 8.70. The van der Waals surface area contributed by atoms with Crippen LogP contribution in [0.5, 0.6) is 0 Å². The lowest BCUT2D eigenvalue weighted by Gasteiger charge is -2.14. The van der Waals surface area contributed by atoms with Gasteiger partial charge >= 0.3 is 0 Å². The van der Waals surface area contributed by atoms with Crippen molar-refractivity contribution >= 4 is 0 Å². The summed E-state index contributed by atoms with van der Waals surface area (Å²) in [6.45, 7) is 5.96. The molecule has 2 atom stereocenters. The van der Waals surface area contributed by atoms with E-state index in [9.17, 15) is 5.11 Å². The van der Waals surface area contributed by atoms with E-state index >= 15 is 0 Å². The van der Waals surface area contributed by atoms with Gasteiger partial charge in [0, 0.05) is 12.5 Å². The Morgan fingerprint density at radius 2 is 2.08 bits per heavy atom. The van der Waals surface area contributed by atoms with Crippen molar-refractivity contribution in [2.24, 2.45) is 5.92 Å². The lowest BCUT2D eigenvalue weighted by atomic mass is 9.99. The van der Waals surface area contributed by atoms with Crippen LogP contribution in [0, 0.1) is 5.92 Å². The topological polar surface area (TPSA) is 40.5 Å². The van der Waals surface area contributed by atoms with Crippen LogP contribution in [0.3, 0.4) is 0 Å². The first kappa shape index (κ1) is 12.4. The summed E-state index contributed by atoms with van der Waals surface area (Å²) in [4.78, 5) is 0. The zero-order chi connectivity index (χ0) is 10.3. The molecule has 2 nitrogen and oxygen atoms in total. The smallest absolute Gasteiger partial charge is 0.0622 e. The molecule has 0 bridgehead atoms. The van der Waals surface area contributed by atoms with Crippen molar-refractivity contribution in [2.75, 3.05) is 6.61 Å². The molecule has 0 radical (unpaired) electrons. The van der Waals surface area contributed by atoms with Crippen LogP contribution in [0.25, 0.3) is 0 Å². The normalized spacial score (nSPS) is 17.8. The van der Waals surface area contributed by atoms with Gasteiger partial charge in [-0.05, 0) is 20.3 Å². The Hall–Kier alpha value is -0.600. The molecule has 0 amide bonds. The predicted octanol–water partition coefficient (Wildman–Crippen LogP) is 1.89. The second-order valence-corrected chi connectivity index (χ2v) is 3.35. The first-order chi connectivity index (χ1) is 6.11. The number of allylic oxidation sites excluding steroid dienone is 3. The van der Waals surface area contributed by atoms with Crippen LogP contribution in [0.1, 0.15) is 27.2 Å². The third-order valence-electron chi connectivity index (χ3n) is 1.99. The Morgan fingerprint density at radius 3 is 2.54 bits per heavy atom. The third kappa shape index (κ3) is 5.61. The molecule has 0 aromatic heterocycles. The molecule has 0 saturated heterocycles. The first-order valence-electron chi connectivity index (χ1n) is 4.71. The molecule has 0 aliphatic heterocycles. The van der Waals surface area contributed by atoms with E-state index in [0.717, 1.165) is 5.57 Å². The molecule has 0 aromatic carbocycles. The monoisotopic (exact) mass is 184 g/mol. The summed E-state index contributed by atoms with van der Waals surface area (Å²) in [5.41, 5.74) is 1.15. The lowest BCUT2D eigenvalue weighted by molar-refractivity contribution is 0.103. The van der Waals surface area contributed by atoms with E-state index in [2.05, 4.69) is 0 Å². The summed E-state index contributed by atoms with van der Waals surface area (Å²) in [7, 11) is 0. The molecule has 0 aliphatic rings. The average molecular weight is 184 g/mol. The van der Waals surface area contributed by atoms with Crippen LogP contribution in [0.15, 0.2) is 23.8 Å². The summed E-state index contributed by atoms with van der Waals surface area (Å²) in [6, 6.07) is 0. The quantitative estimate of drug-likeness (QED) is 0.640. The van der Waals surface area contributed by atoms with Gasteiger partial charge in [0.15, 0.2) is 0 Å². The number of rotatable bonds is 5. The van der Waals surface area contributed by atoms with Gasteiger partial charge in [0.25, 0.3) is 0 Å². The second kappa shape index (κ2) is 6.87. The van der Waals surface area contributed by atoms with E-state index in [1.165, 1.54) is 0 Å². The summed E-state index contributed by atoms with van der Waals surface area (Å²) < 4.78 is 0. The van der Waals surface area contributed by atoms with Crippen molar-refractivity contribution in [1.29, 1.82) is 0 Å². The van der Waals surface area contributed by atoms with Crippen molar-refractivity contribution in [2.45, 2.75) is 33.3 Å². The minimum Gasteiger partial charge on any atom is -0.396 e. The number of hydrogen-bond donors (Lipinski definition) is 2. The Morgan fingerprint density at radius 1 is 1.46 bits per heavy atom. The van der Waals surface area contributed by atoms with E-state index in [0.29, 0.717) is 6.42 Å². The van der Waals surface area contributed by atoms with Gasteiger partial charge < -0.3 is 10.2 Å². The van der Waals surface area contributed by atoms with Crippen LogP contribution in [0.4, 0.5) is 0 Å². The van der Waals surface area contributed by atoms with Crippen molar-refractivity contribution in [3.8, 4) is 0 Å².